The number of furan rings is 1. The van der Waals surface area contributed by atoms with Gasteiger partial charge in [0.25, 0.3) is 0 Å². The Hall–Kier alpha value is -1.34. The summed E-state index contributed by atoms with van der Waals surface area (Å²) in [6.07, 6.45) is 2.57. The average molecular weight is 315 g/mol. The molecule has 118 valence electrons. The number of nitrogens with zero attached hydrogens (tertiary/aromatic N) is 1. The molecule has 0 bridgehead atoms. The standard InChI is InChI=1S/C14H21NO5S/c1-9-5-4-7-15(8-6-9)21(18,19)13-11(3)20-10(2)12(13)14(16)17/h9H,4-8H2,1-3H3,(H,16,17). The highest BCUT2D eigenvalue weighted by Crippen LogP contribution is 2.31. The normalized spacial score (nSPS) is 21.2. The third-order valence-electron chi connectivity index (χ3n) is 3.99. The van der Waals surface area contributed by atoms with Crippen LogP contribution in [0.25, 0.3) is 0 Å². The highest BCUT2D eigenvalue weighted by atomic mass is 32.2. The van der Waals surface area contributed by atoms with Crippen LogP contribution < -0.4 is 0 Å². The Balaban J connectivity index is 2.47. The van der Waals surface area contributed by atoms with Gasteiger partial charge in [0.15, 0.2) is 0 Å². The molecule has 1 aliphatic heterocycles. The van der Waals surface area contributed by atoms with E-state index in [1.807, 2.05) is 0 Å². The fourth-order valence-electron chi connectivity index (χ4n) is 2.83. The molecular weight excluding hydrogens is 294 g/mol. The van der Waals surface area contributed by atoms with Gasteiger partial charge in [-0.2, -0.15) is 4.31 Å². The second-order valence-corrected chi connectivity index (χ2v) is 7.54. The fourth-order valence-corrected chi connectivity index (χ4v) is 4.69. The van der Waals surface area contributed by atoms with E-state index in [4.69, 9.17) is 4.42 Å². The van der Waals surface area contributed by atoms with Gasteiger partial charge in [-0.25, -0.2) is 13.2 Å². The summed E-state index contributed by atoms with van der Waals surface area (Å²) in [6.45, 7) is 5.92. The van der Waals surface area contributed by atoms with E-state index in [1.165, 1.54) is 18.2 Å². The Bertz CT molecular complexity index is 647. The molecule has 1 aromatic rings. The lowest BCUT2D eigenvalue weighted by molar-refractivity contribution is 0.0691. The second-order valence-electron chi connectivity index (χ2n) is 5.66. The molecule has 0 aromatic carbocycles. The molecule has 0 aliphatic carbocycles. The maximum absolute atomic E-state index is 12.8. The lowest BCUT2D eigenvalue weighted by atomic mass is 10.0. The molecule has 1 atom stereocenters. The first-order valence-corrected chi connectivity index (χ1v) is 8.52. The Morgan fingerprint density at radius 2 is 1.90 bits per heavy atom. The minimum absolute atomic E-state index is 0.127. The molecule has 7 heteroatoms. The summed E-state index contributed by atoms with van der Waals surface area (Å²) in [5.74, 6) is -0.522. The zero-order valence-electron chi connectivity index (χ0n) is 12.5. The third kappa shape index (κ3) is 2.98. The average Bonchev–Trinajstić information content (AvgIpc) is 2.55. The van der Waals surface area contributed by atoms with Gasteiger partial charge in [-0.05, 0) is 39.0 Å². The maximum atomic E-state index is 12.8. The third-order valence-corrected chi connectivity index (χ3v) is 6.05. The first-order chi connectivity index (χ1) is 9.75. The molecule has 1 aromatic heterocycles. The zero-order valence-corrected chi connectivity index (χ0v) is 13.4. The molecule has 2 heterocycles. The van der Waals surface area contributed by atoms with Crippen molar-refractivity contribution in [1.29, 1.82) is 0 Å². The van der Waals surface area contributed by atoms with E-state index in [0.29, 0.717) is 19.0 Å². The van der Waals surface area contributed by atoms with E-state index in [1.54, 1.807) is 0 Å². The molecular formula is C14H21NO5S. The smallest absolute Gasteiger partial charge is 0.340 e. The number of aryl methyl sites for hydroxylation is 2. The summed E-state index contributed by atoms with van der Waals surface area (Å²) in [6, 6.07) is 0. The van der Waals surface area contributed by atoms with E-state index in [0.717, 1.165) is 19.3 Å². The van der Waals surface area contributed by atoms with E-state index in [2.05, 4.69) is 6.92 Å². The van der Waals surface area contributed by atoms with Crippen molar-refractivity contribution in [1.82, 2.24) is 4.31 Å². The van der Waals surface area contributed by atoms with Crippen LogP contribution in [-0.4, -0.2) is 36.9 Å². The highest BCUT2D eigenvalue weighted by Gasteiger charge is 2.35. The van der Waals surface area contributed by atoms with E-state index in [9.17, 15) is 18.3 Å². The minimum atomic E-state index is -3.84. The number of carbonyl (C=O) groups is 1. The predicted molar refractivity (Wildman–Crippen MR) is 76.9 cm³/mol. The van der Waals surface area contributed by atoms with E-state index in [-0.39, 0.29) is 22.0 Å². The van der Waals surface area contributed by atoms with Crippen LogP contribution in [0.2, 0.25) is 0 Å². The molecule has 6 nitrogen and oxygen atoms in total. The van der Waals surface area contributed by atoms with Crippen LogP contribution in [0.4, 0.5) is 0 Å². The lowest BCUT2D eigenvalue weighted by Gasteiger charge is -2.20. The van der Waals surface area contributed by atoms with Crippen molar-refractivity contribution in [2.24, 2.45) is 5.92 Å². The topological polar surface area (TPSA) is 87.8 Å². The molecule has 1 saturated heterocycles. The van der Waals surface area contributed by atoms with Gasteiger partial charge in [0.1, 0.15) is 22.0 Å². The van der Waals surface area contributed by atoms with Gasteiger partial charge in [-0.3, -0.25) is 0 Å². The Kier molecular flexibility index (Phi) is 4.43. The quantitative estimate of drug-likeness (QED) is 0.925. The molecule has 2 rings (SSSR count). The number of carboxylic acid groups (broad SMARTS) is 1. The van der Waals surface area contributed by atoms with Crippen molar-refractivity contribution in [3.8, 4) is 0 Å². The van der Waals surface area contributed by atoms with Crippen LogP contribution in [0.5, 0.6) is 0 Å². The van der Waals surface area contributed by atoms with Gasteiger partial charge >= 0.3 is 5.97 Å². The van der Waals surface area contributed by atoms with Crippen molar-refractivity contribution in [3.63, 3.8) is 0 Å². The van der Waals surface area contributed by atoms with E-state index >= 15 is 0 Å². The molecule has 0 saturated carbocycles. The van der Waals surface area contributed by atoms with Crippen molar-refractivity contribution in [3.05, 3.63) is 17.1 Å². The number of hydrogen-bond donors (Lipinski definition) is 1. The van der Waals surface area contributed by atoms with Crippen LogP contribution in [-0.2, 0) is 10.0 Å². The summed E-state index contributed by atoms with van der Waals surface area (Å²) in [4.78, 5) is 11.2. The summed E-state index contributed by atoms with van der Waals surface area (Å²) >= 11 is 0. The molecule has 21 heavy (non-hydrogen) atoms. The molecule has 1 unspecified atom stereocenters. The number of hydrogen-bond acceptors (Lipinski definition) is 4. The van der Waals surface area contributed by atoms with Crippen LogP contribution in [0.1, 0.15) is 48.1 Å². The van der Waals surface area contributed by atoms with Crippen molar-refractivity contribution in [2.75, 3.05) is 13.1 Å². The SMILES string of the molecule is Cc1oc(C)c(S(=O)(=O)N2CCCC(C)CC2)c1C(=O)O. The molecule has 1 aliphatic rings. The van der Waals surface area contributed by atoms with Gasteiger partial charge in [-0.1, -0.05) is 6.92 Å². The fraction of sp³-hybridized carbons (Fsp3) is 0.643. The van der Waals surface area contributed by atoms with E-state index < -0.39 is 16.0 Å². The molecule has 0 amide bonds. The molecule has 0 spiro atoms. The van der Waals surface area contributed by atoms with Gasteiger partial charge in [-0.15, -0.1) is 0 Å². The largest absolute Gasteiger partial charge is 0.478 e. The van der Waals surface area contributed by atoms with Gasteiger partial charge < -0.3 is 9.52 Å². The van der Waals surface area contributed by atoms with Crippen LogP contribution >= 0.6 is 0 Å². The van der Waals surface area contributed by atoms with Crippen molar-refractivity contribution < 1.29 is 22.7 Å². The van der Waals surface area contributed by atoms with Crippen LogP contribution in [0.15, 0.2) is 9.31 Å². The van der Waals surface area contributed by atoms with Crippen molar-refractivity contribution >= 4 is 16.0 Å². The Labute approximate surface area is 124 Å². The first kappa shape index (κ1) is 16.0. The van der Waals surface area contributed by atoms with Gasteiger partial charge in [0, 0.05) is 13.1 Å². The first-order valence-electron chi connectivity index (χ1n) is 7.08. The van der Waals surface area contributed by atoms with Crippen LogP contribution in [0.3, 0.4) is 0 Å². The second kappa shape index (κ2) is 5.81. The van der Waals surface area contributed by atoms with Crippen LogP contribution in [0, 0.1) is 19.8 Å². The molecule has 0 radical (unpaired) electrons. The predicted octanol–water partition coefficient (Wildman–Crippen LogP) is 2.41. The van der Waals surface area contributed by atoms with Gasteiger partial charge in [0.2, 0.25) is 10.0 Å². The number of sulfonamides is 1. The monoisotopic (exact) mass is 315 g/mol. The minimum Gasteiger partial charge on any atom is -0.478 e. The number of aromatic carboxylic acids is 1. The summed E-state index contributed by atoms with van der Waals surface area (Å²) in [5, 5.41) is 9.28. The Morgan fingerprint density at radius 3 is 2.52 bits per heavy atom. The summed E-state index contributed by atoms with van der Waals surface area (Å²) < 4.78 is 32.3. The highest BCUT2D eigenvalue weighted by molar-refractivity contribution is 7.89. The summed E-state index contributed by atoms with van der Waals surface area (Å²) in [7, 11) is -3.84. The van der Waals surface area contributed by atoms with Gasteiger partial charge in [0.05, 0.1) is 0 Å². The lowest BCUT2D eigenvalue weighted by Crippen LogP contribution is -2.33. The molecule has 1 fully saturated rings. The maximum Gasteiger partial charge on any atom is 0.340 e. The summed E-state index contributed by atoms with van der Waals surface area (Å²) in [5.41, 5.74) is -0.246. The number of rotatable bonds is 3. The number of carboxylic acids is 1. The Morgan fingerprint density at radius 1 is 1.24 bits per heavy atom. The van der Waals surface area contributed by atoms with Crippen molar-refractivity contribution in [2.45, 2.75) is 44.9 Å². The zero-order chi connectivity index (χ0) is 15.8. The molecule has 1 N–H and O–H groups in total.